The van der Waals surface area contributed by atoms with Gasteiger partial charge in [0.1, 0.15) is 0 Å². The van der Waals surface area contributed by atoms with Gasteiger partial charge in [-0.25, -0.2) is 0 Å². The van der Waals surface area contributed by atoms with E-state index in [1.54, 1.807) is 11.3 Å². The molecule has 1 saturated carbocycles. The lowest BCUT2D eigenvalue weighted by atomic mass is 9.71. The van der Waals surface area contributed by atoms with Crippen LogP contribution in [0.25, 0.3) is 0 Å². The first-order valence-corrected chi connectivity index (χ1v) is 11.0. The number of piperidine rings is 1. The summed E-state index contributed by atoms with van der Waals surface area (Å²) in [5.41, 5.74) is 7.25. The molecule has 0 spiro atoms. The summed E-state index contributed by atoms with van der Waals surface area (Å²) in [5.74, 6) is 1.84. The summed E-state index contributed by atoms with van der Waals surface area (Å²) in [6, 6.07) is 0.655. The minimum absolute atomic E-state index is 0. The Labute approximate surface area is 165 Å². The highest BCUT2D eigenvalue weighted by atomic mass is 35.5. The van der Waals surface area contributed by atoms with Gasteiger partial charge in [0.2, 0.25) is 0 Å². The second-order valence-electron chi connectivity index (χ2n) is 8.92. The topological polar surface area (TPSA) is 15.3 Å². The Bertz CT molecular complexity index is 610. The molecule has 0 bridgehead atoms. The SMILES string of the molecule is C1=C\CN2C3=C(CC/1)CC[C@@H](C1CCCCCC1)C3=C1CCNC[C@@H]12.Cl. The Morgan fingerprint density at radius 2 is 1.77 bits per heavy atom. The van der Waals surface area contributed by atoms with E-state index in [9.17, 15) is 0 Å². The molecule has 5 aliphatic rings. The third kappa shape index (κ3) is 3.18. The molecular weight excluding hydrogens is 340 g/mol. The van der Waals surface area contributed by atoms with E-state index >= 15 is 0 Å². The number of rotatable bonds is 1. The number of hydrogen-bond donors (Lipinski definition) is 1. The molecule has 144 valence electrons. The fourth-order valence-corrected chi connectivity index (χ4v) is 6.44. The van der Waals surface area contributed by atoms with E-state index in [0.717, 1.165) is 18.4 Å². The van der Waals surface area contributed by atoms with Gasteiger partial charge in [0.05, 0.1) is 6.04 Å². The number of nitrogens with zero attached hydrogens (tertiary/aromatic N) is 1. The summed E-state index contributed by atoms with van der Waals surface area (Å²) in [7, 11) is 0. The molecule has 0 radical (unpaired) electrons. The molecule has 0 aromatic rings. The van der Waals surface area contributed by atoms with Gasteiger partial charge >= 0.3 is 0 Å². The number of hydrogen-bond acceptors (Lipinski definition) is 2. The first-order valence-electron chi connectivity index (χ1n) is 11.0. The van der Waals surface area contributed by atoms with E-state index in [4.69, 9.17) is 0 Å². The lowest BCUT2D eigenvalue weighted by Crippen LogP contribution is -2.43. The minimum Gasteiger partial charge on any atom is -0.360 e. The standard InChI is InChI=1S/C23H34N2.ClH/c1-2-5-9-17(8-4-1)19-12-11-18-10-6-3-7-15-25-21-16-24-14-13-20(21)22(19)23(18)25;/h3,7,17,19,21,24H,1-2,4-6,8-16H2;1H/b7-3-;/t19-,21-;/m0./s1. The van der Waals surface area contributed by atoms with Crippen molar-refractivity contribution < 1.29 is 0 Å². The molecule has 3 heterocycles. The summed E-state index contributed by atoms with van der Waals surface area (Å²) in [5, 5.41) is 3.69. The molecule has 0 amide bonds. The summed E-state index contributed by atoms with van der Waals surface area (Å²) >= 11 is 0. The molecule has 2 aliphatic carbocycles. The van der Waals surface area contributed by atoms with Crippen LogP contribution in [0.1, 0.15) is 70.6 Å². The summed E-state index contributed by atoms with van der Waals surface area (Å²) < 4.78 is 0. The number of halogens is 1. The quantitative estimate of drug-likeness (QED) is 0.490. The van der Waals surface area contributed by atoms with Crippen LogP contribution in [0.2, 0.25) is 0 Å². The van der Waals surface area contributed by atoms with Crippen molar-refractivity contribution >= 4 is 12.4 Å². The maximum absolute atomic E-state index is 3.69. The Kier molecular flexibility index (Phi) is 5.81. The van der Waals surface area contributed by atoms with Gasteiger partial charge in [0.25, 0.3) is 0 Å². The molecule has 1 N–H and O–H groups in total. The molecule has 3 aliphatic heterocycles. The molecule has 1 saturated heterocycles. The van der Waals surface area contributed by atoms with Crippen LogP contribution >= 0.6 is 12.4 Å². The van der Waals surface area contributed by atoms with Gasteiger partial charge in [-0.3, -0.25) is 0 Å². The fraction of sp³-hybridized carbons (Fsp3) is 0.739. The Morgan fingerprint density at radius 3 is 2.62 bits per heavy atom. The maximum Gasteiger partial charge on any atom is 0.0637 e. The summed E-state index contributed by atoms with van der Waals surface area (Å²) in [6.45, 7) is 3.50. The van der Waals surface area contributed by atoms with Crippen molar-refractivity contribution in [2.75, 3.05) is 19.6 Å². The summed E-state index contributed by atoms with van der Waals surface area (Å²) in [6.07, 6.45) is 20.4. The van der Waals surface area contributed by atoms with E-state index in [1.165, 1.54) is 83.7 Å². The molecular formula is C23H35ClN2. The maximum atomic E-state index is 3.69. The molecule has 2 atom stereocenters. The average Bonchev–Trinajstić information content (AvgIpc) is 2.78. The van der Waals surface area contributed by atoms with Gasteiger partial charge in [-0.05, 0) is 80.0 Å². The van der Waals surface area contributed by atoms with Crippen LogP contribution < -0.4 is 5.32 Å². The zero-order valence-corrected chi connectivity index (χ0v) is 17.0. The van der Waals surface area contributed by atoms with Crippen molar-refractivity contribution in [1.29, 1.82) is 0 Å². The van der Waals surface area contributed by atoms with E-state index in [-0.39, 0.29) is 12.4 Å². The Balaban J connectivity index is 0.00000168. The highest BCUT2D eigenvalue weighted by Crippen LogP contribution is 2.52. The molecule has 2 fully saturated rings. The lowest BCUT2D eigenvalue weighted by molar-refractivity contribution is 0.282. The normalized spacial score (nSPS) is 33.6. The largest absolute Gasteiger partial charge is 0.360 e. The second-order valence-corrected chi connectivity index (χ2v) is 8.92. The van der Waals surface area contributed by atoms with Crippen LogP contribution in [0, 0.1) is 11.8 Å². The zero-order chi connectivity index (χ0) is 16.6. The van der Waals surface area contributed by atoms with E-state index in [1.807, 2.05) is 11.1 Å². The molecule has 0 unspecified atom stereocenters. The highest BCUT2D eigenvalue weighted by Gasteiger charge is 2.44. The van der Waals surface area contributed by atoms with Crippen molar-refractivity contribution in [1.82, 2.24) is 10.2 Å². The third-order valence-corrected chi connectivity index (χ3v) is 7.59. The van der Waals surface area contributed by atoms with Crippen molar-refractivity contribution in [3.05, 3.63) is 34.6 Å². The Hall–Kier alpha value is -0.730. The number of allylic oxidation sites excluding steroid dienone is 3. The monoisotopic (exact) mass is 374 g/mol. The van der Waals surface area contributed by atoms with Gasteiger partial charge in [-0.2, -0.15) is 0 Å². The molecule has 0 aromatic heterocycles. The van der Waals surface area contributed by atoms with Crippen molar-refractivity contribution in [3.8, 4) is 0 Å². The van der Waals surface area contributed by atoms with Crippen LogP contribution in [-0.4, -0.2) is 30.6 Å². The van der Waals surface area contributed by atoms with Crippen LogP contribution in [0.5, 0.6) is 0 Å². The molecule has 5 rings (SSSR count). The minimum atomic E-state index is 0. The lowest BCUT2D eigenvalue weighted by Gasteiger charge is -2.38. The smallest absolute Gasteiger partial charge is 0.0637 e. The second kappa shape index (κ2) is 8.10. The van der Waals surface area contributed by atoms with Gasteiger partial charge in [0, 0.05) is 18.8 Å². The number of nitrogens with one attached hydrogen (secondary N) is 1. The highest BCUT2D eigenvalue weighted by molar-refractivity contribution is 5.85. The predicted octanol–water partition coefficient (Wildman–Crippen LogP) is 5.37. The van der Waals surface area contributed by atoms with Gasteiger partial charge < -0.3 is 10.2 Å². The van der Waals surface area contributed by atoms with E-state index < -0.39 is 0 Å². The first kappa shape index (κ1) is 18.6. The van der Waals surface area contributed by atoms with Crippen LogP contribution in [0.3, 0.4) is 0 Å². The zero-order valence-electron chi connectivity index (χ0n) is 16.1. The van der Waals surface area contributed by atoms with Gasteiger partial charge in [0.15, 0.2) is 0 Å². The first-order chi connectivity index (χ1) is 12.4. The Morgan fingerprint density at radius 1 is 0.923 bits per heavy atom. The fourth-order valence-electron chi connectivity index (χ4n) is 6.44. The molecule has 26 heavy (non-hydrogen) atoms. The van der Waals surface area contributed by atoms with Crippen LogP contribution in [0.15, 0.2) is 34.6 Å². The molecule has 3 heteroatoms. The van der Waals surface area contributed by atoms with Gasteiger partial charge in [-0.1, -0.05) is 37.8 Å². The molecule has 0 aromatic carbocycles. The third-order valence-electron chi connectivity index (χ3n) is 7.59. The predicted molar refractivity (Wildman–Crippen MR) is 112 cm³/mol. The summed E-state index contributed by atoms with van der Waals surface area (Å²) in [4.78, 5) is 2.80. The molecule has 2 nitrogen and oxygen atoms in total. The van der Waals surface area contributed by atoms with Crippen molar-refractivity contribution in [2.24, 2.45) is 11.8 Å². The van der Waals surface area contributed by atoms with Crippen LogP contribution in [-0.2, 0) is 0 Å². The number of fused-ring (bicyclic) bond motifs is 2. The average molecular weight is 375 g/mol. The van der Waals surface area contributed by atoms with Crippen molar-refractivity contribution in [2.45, 2.75) is 76.7 Å². The van der Waals surface area contributed by atoms with Gasteiger partial charge in [-0.15, -0.1) is 12.4 Å². The van der Waals surface area contributed by atoms with Crippen molar-refractivity contribution in [3.63, 3.8) is 0 Å². The van der Waals surface area contributed by atoms with Crippen LogP contribution in [0.4, 0.5) is 0 Å². The van der Waals surface area contributed by atoms with E-state index in [0.29, 0.717) is 6.04 Å². The van der Waals surface area contributed by atoms with E-state index in [2.05, 4.69) is 22.4 Å².